The molecule has 1 unspecified atom stereocenters. The summed E-state index contributed by atoms with van der Waals surface area (Å²) in [6, 6.07) is 11.7. The summed E-state index contributed by atoms with van der Waals surface area (Å²) in [5, 5.41) is 9.26. The minimum absolute atomic E-state index is 0. The number of carbonyl (C=O) groups is 1. The molecule has 2 aromatic rings. The number of ether oxygens (including phenoxy) is 2. The SMILES string of the molecule is CCNC(=NCc1ccc(C)cc1OC1CCOC1)NCCC(=O)Nc1cccc(C)n1.I. The molecule has 1 fully saturated rings. The Bertz CT molecular complexity index is 932. The normalized spacial score (nSPS) is 15.5. The molecule has 9 heteroatoms. The van der Waals surface area contributed by atoms with Gasteiger partial charge in [-0.3, -0.25) is 4.79 Å². The van der Waals surface area contributed by atoms with Crippen molar-refractivity contribution >= 4 is 41.7 Å². The monoisotopic (exact) mass is 567 g/mol. The van der Waals surface area contributed by atoms with Crippen LogP contribution in [0.2, 0.25) is 0 Å². The van der Waals surface area contributed by atoms with Crippen LogP contribution in [0.25, 0.3) is 0 Å². The molecule has 180 valence electrons. The molecule has 3 rings (SSSR count). The Labute approximate surface area is 213 Å². The van der Waals surface area contributed by atoms with Gasteiger partial charge in [-0.1, -0.05) is 18.2 Å². The van der Waals surface area contributed by atoms with Crippen molar-refractivity contribution in [1.82, 2.24) is 15.6 Å². The Kier molecular flexibility index (Phi) is 11.4. The second-order valence-electron chi connectivity index (χ2n) is 7.80. The van der Waals surface area contributed by atoms with Crippen molar-refractivity contribution in [3.05, 3.63) is 53.2 Å². The first-order valence-electron chi connectivity index (χ1n) is 11.1. The number of aryl methyl sites for hydroxylation is 2. The fraction of sp³-hybridized carbons (Fsp3) is 0.458. The smallest absolute Gasteiger partial charge is 0.227 e. The molecule has 1 aliphatic rings. The van der Waals surface area contributed by atoms with Crippen LogP contribution in [-0.4, -0.2) is 49.3 Å². The molecule has 1 aliphatic heterocycles. The second-order valence-corrected chi connectivity index (χ2v) is 7.80. The summed E-state index contributed by atoms with van der Waals surface area (Å²) in [5.74, 6) is 1.98. The van der Waals surface area contributed by atoms with Gasteiger partial charge in [-0.2, -0.15) is 0 Å². The lowest BCUT2D eigenvalue weighted by molar-refractivity contribution is -0.116. The predicted octanol–water partition coefficient (Wildman–Crippen LogP) is 3.57. The maximum atomic E-state index is 12.2. The summed E-state index contributed by atoms with van der Waals surface area (Å²) < 4.78 is 11.6. The minimum atomic E-state index is -0.0977. The maximum absolute atomic E-state index is 12.2. The molecular formula is C24H34IN5O3. The number of carbonyl (C=O) groups excluding carboxylic acids is 1. The number of aliphatic imine (C=N–C) groups is 1. The van der Waals surface area contributed by atoms with E-state index < -0.39 is 0 Å². The summed E-state index contributed by atoms with van der Waals surface area (Å²) >= 11 is 0. The van der Waals surface area contributed by atoms with E-state index in [0.29, 0.717) is 37.9 Å². The highest BCUT2D eigenvalue weighted by atomic mass is 127. The van der Waals surface area contributed by atoms with E-state index in [1.165, 1.54) is 0 Å². The minimum Gasteiger partial charge on any atom is -0.488 e. The zero-order valence-corrected chi connectivity index (χ0v) is 21.8. The van der Waals surface area contributed by atoms with Gasteiger partial charge in [0.1, 0.15) is 17.7 Å². The van der Waals surface area contributed by atoms with E-state index >= 15 is 0 Å². The molecule has 1 aromatic heterocycles. The van der Waals surface area contributed by atoms with Gasteiger partial charge in [-0.05, 0) is 44.5 Å². The summed E-state index contributed by atoms with van der Waals surface area (Å²) in [6.45, 7) is 8.97. The first-order chi connectivity index (χ1) is 15.5. The Morgan fingerprint density at radius 3 is 2.82 bits per heavy atom. The van der Waals surface area contributed by atoms with E-state index in [1.807, 2.05) is 39.0 Å². The van der Waals surface area contributed by atoms with Crippen LogP contribution in [-0.2, 0) is 16.1 Å². The van der Waals surface area contributed by atoms with E-state index in [-0.39, 0.29) is 36.0 Å². The van der Waals surface area contributed by atoms with Crippen LogP contribution in [0.4, 0.5) is 5.82 Å². The second kappa shape index (κ2) is 14.0. The van der Waals surface area contributed by atoms with Crippen LogP contribution in [0.1, 0.15) is 36.6 Å². The number of nitrogens with one attached hydrogen (secondary N) is 3. The molecule has 0 radical (unpaired) electrons. The molecular weight excluding hydrogens is 533 g/mol. The van der Waals surface area contributed by atoms with Crippen LogP contribution in [0.5, 0.6) is 5.75 Å². The molecule has 8 nitrogen and oxygen atoms in total. The average molecular weight is 567 g/mol. The summed E-state index contributed by atoms with van der Waals surface area (Å²) in [7, 11) is 0. The molecule has 0 saturated carbocycles. The van der Waals surface area contributed by atoms with E-state index in [0.717, 1.165) is 42.1 Å². The lowest BCUT2D eigenvalue weighted by atomic mass is 10.1. The first-order valence-corrected chi connectivity index (χ1v) is 11.1. The molecule has 33 heavy (non-hydrogen) atoms. The Morgan fingerprint density at radius 1 is 1.24 bits per heavy atom. The fourth-order valence-electron chi connectivity index (χ4n) is 3.31. The van der Waals surface area contributed by atoms with Gasteiger partial charge in [-0.15, -0.1) is 24.0 Å². The summed E-state index contributed by atoms with van der Waals surface area (Å²) in [6.07, 6.45) is 1.30. The van der Waals surface area contributed by atoms with Gasteiger partial charge in [0.15, 0.2) is 5.96 Å². The standard InChI is InChI=1S/C24H33N5O3.HI/c1-4-25-24(26-12-10-23(30)29-22-7-5-6-18(3)28-22)27-15-19-9-8-17(2)14-21(19)32-20-11-13-31-16-20;/h5-9,14,20H,4,10-13,15-16H2,1-3H3,(H2,25,26,27)(H,28,29,30);1H. The third-order valence-electron chi connectivity index (χ3n) is 4.96. The summed E-state index contributed by atoms with van der Waals surface area (Å²) in [4.78, 5) is 21.2. The number of benzene rings is 1. The average Bonchev–Trinajstić information content (AvgIpc) is 3.26. The van der Waals surface area contributed by atoms with Gasteiger partial charge in [0.25, 0.3) is 0 Å². The van der Waals surface area contributed by atoms with Crippen LogP contribution in [0.3, 0.4) is 0 Å². The Morgan fingerprint density at radius 2 is 2.09 bits per heavy atom. The number of nitrogens with zero attached hydrogens (tertiary/aromatic N) is 2. The molecule has 0 spiro atoms. The van der Waals surface area contributed by atoms with Crippen molar-refractivity contribution in [2.75, 3.05) is 31.6 Å². The maximum Gasteiger partial charge on any atom is 0.227 e. The van der Waals surface area contributed by atoms with Crippen molar-refractivity contribution in [3.8, 4) is 5.75 Å². The number of pyridine rings is 1. The van der Waals surface area contributed by atoms with Gasteiger partial charge >= 0.3 is 0 Å². The number of rotatable bonds is 9. The quantitative estimate of drug-likeness (QED) is 0.244. The molecule has 1 atom stereocenters. The number of halogens is 1. The van der Waals surface area contributed by atoms with Gasteiger partial charge < -0.3 is 25.4 Å². The highest BCUT2D eigenvalue weighted by Crippen LogP contribution is 2.24. The topological polar surface area (TPSA) is 96.9 Å². The van der Waals surface area contributed by atoms with Gasteiger partial charge in [0.05, 0.1) is 19.8 Å². The van der Waals surface area contributed by atoms with Crippen molar-refractivity contribution in [2.24, 2.45) is 4.99 Å². The lowest BCUT2D eigenvalue weighted by Gasteiger charge is -2.16. The number of guanidine groups is 1. The van der Waals surface area contributed by atoms with Crippen molar-refractivity contribution in [2.45, 2.75) is 46.3 Å². The Hall–Kier alpha value is -2.40. The zero-order valence-electron chi connectivity index (χ0n) is 19.5. The molecule has 1 aromatic carbocycles. The van der Waals surface area contributed by atoms with Crippen LogP contribution < -0.4 is 20.7 Å². The lowest BCUT2D eigenvalue weighted by Crippen LogP contribution is -2.38. The zero-order chi connectivity index (χ0) is 22.8. The largest absolute Gasteiger partial charge is 0.488 e. The molecule has 3 N–H and O–H groups in total. The van der Waals surface area contributed by atoms with Crippen molar-refractivity contribution in [3.63, 3.8) is 0 Å². The van der Waals surface area contributed by atoms with E-state index in [9.17, 15) is 4.79 Å². The molecule has 2 heterocycles. The van der Waals surface area contributed by atoms with Crippen LogP contribution in [0, 0.1) is 13.8 Å². The third kappa shape index (κ3) is 9.17. The third-order valence-corrected chi connectivity index (χ3v) is 4.96. The highest BCUT2D eigenvalue weighted by Gasteiger charge is 2.18. The number of aromatic nitrogens is 1. The van der Waals surface area contributed by atoms with Gasteiger partial charge in [0, 0.05) is 37.2 Å². The fourth-order valence-corrected chi connectivity index (χ4v) is 3.31. The molecule has 1 saturated heterocycles. The number of anilines is 1. The van der Waals surface area contributed by atoms with Gasteiger partial charge in [0.2, 0.25) is 5.91 Å². The van der Waals surface area contributed by atoms with Crippen LogP contribution >= 0.6 is 24.0 Å². The molecule has 1 amide bonds. The van der Waals surface area contributed by atoms with Gasteiger partial charge in [-0.25, -0.2) is 9.98 Å². The predicted molar refractivity (Wildman–Crippen MR) is 141 cm³/mol. The number of hydrogen-bond acceptors (Lipinski definition) is 5. The molecule has 0 aliphatic carbocycles. The summed E-state index contributed by atoms with van der Waals surface area (Å²) in [5.41, 5.74) is 3.02. The number of amides is 1. The van der Waals surface area contributed by atoms with Crippen LogP contribution in [0.15, 0.2) is 41.4 Å². The van der Waals surface area contributed by atoms with E-state index in [2.05, 4.69) is 38.1 Å². The van der Waals surface area contributed by atoms with E-state index in [4.69, 9.17) is 9.47 Å². The van der Waals surface area contributed by atoms with Crippen molar-refractivity contribution < 1.29 is 14.3 Å². The highest BCUT2D eigenvalue weighted by molar-refractivity contribution is 14.0. The number of hydrogen-bond donors (Lipinski definition) is 3. The van der Waals surface area contributed by atoms with E-state index in [1.54, 1.807) is 6.07 Å². The first kappa shape index (κ1) is 26.8. The van der Waals surface area contributed by atoms with Crippen molar-refractivity contribution in [1.29, 1.82) is 0 Å². The Balaban J connectivity index is 0.00000385. The molecule has 0 bridgehead atoms.